The Bertz CT molecular complexity index is 407. The second-order valence-corrected chi connectivity index (χ2v) is 5.99. The van der Waals surface area contributed by atoms with E-state index >= 15 is 0 Å². The zero-order valence-corrected chi connectivity index (χ0v) is 9.71. The molecule has 0 unspecified atom stereocenters. The summed E-state index contributed by atoms with van der Waals surface area (Å²) in [7, 11) is 0. The molecule has 0 aromatic heterocycles. The molecule has 2 N–H and O–H groups in total. The maximum absolute atomic E-state index is 11.8. The van der Waals surface area contributed by atoms with E-state index < -0.39 is 11.0 Å². The SMILES string of the molecule is C[C@@]12OC(=O)C[C@]1(C)[C@H]1CC[C@]2(C(N)=O)C1. The molecule has 1 amide bonds. The minimum Gasteiger partial charge on any atom is -0.458 e. The average Bonchev–Trinajstić information content (AvgIpc) is 2.73. The highest BCUT2D eigenvalue weighted by molar-refractivity contribution is 5.86. The highest BCUT2D eigenvalue weighted by Crippen LogP contribution is 2.72. The third kappa shape index (κ3) is 0.740. The molecule has 2 aliphatic carbocycles. The van der Waals surface area contributed by atoms with Crippen LogP contribution in [0.15, 0.2) is 0 Å². The molecule has 4 atom stereocenters. The standard InChI is InChI=1S/C12H17NO3/c1-10-6-8(14)16-11(10,2)12(9(13)15)4-3-7(10)5-12/h7H,3-6H2,1-2H3,(H2,13,15)/t7-,10+,11+,12+/m0/s1. The van der Waals surface area contributed by atoms with Crippen molar-refractivity contribution < 1.29 is 14.3 Å². The predicted octanol–water partition coefficient (Wildman–Crippen LogP) is 0.984. The van der Waals surface area contributed by atoms with E-state index in [-0.39, 0.29) is 17.3 Å². The van der Waals surface area contributed by atoms with Crippen LogP contribution in [0.2, 0.25) is 0 Å². The summed E-state index contributed by atoms with van der Waals surface area (Å²) in [4.78, 5) is 23.4. The van der Waals surface area contributed by atoms with Crippen molar-refractivity contribution in [3.63, 3.8) is 0 Å². The van der Waals surface area contributed by atoms with Crippen molar-refractivity contribution in [3.05, 3.63) is 0 Å². The molecule has 3 aliphatic rings. The largest absolute Gasteiger partial charge is 0.458 e. The molecule has 2 saturated carbocycles. The lowest BCUT2D eigenvalue weighted by atomic mass is 9.59. The summed E-state index contributed by atoms with van der Waals surface area (Å²) < 4.78 is 5.53. The van der Waals surface area contributed by atoms with Crippen molar-refractivity contribution in [1.82, 2.24) is 0 Å². The van der Waals surface area contributed by atoms with E-state index in [1.54, 1.807) is 0 Å². The van der Waals surface area contributed by atoms with Gasteiger partial charge in [0.15, 0.2) is 0 Å². The van der Waals surface area contributed by atoms with Gasteiger partial charge in [0.05, 0.1) is 11.8 Å². The van der Waals surface area contributed by atoms with Gasteiger partial charge in [0.1, 0.15) is 5.60 Å². The van der Waals surface area contributed by atoms with E-state index in [1.807, 2.05) is 6.92 Å². The van der Waals surface area contributed by atoms with Crippen LogP contribution in [-0.4, -0.2) is 17.5 Å². The molecule has 88 valence electrons. The van der Waals surface area contributed by atoms with Gasteiger partial charge < -0.3 is 10.5 Å². The summed E-state index contributed by atoms with van der Waals surface area (Å²) in [5, 5.41) is 0. The second kappa shape index (κ2) is 2.44. The number of esters is 1. The molecule has 3 fully saturated rings. The Balaban J connectivity index is 2.18. The van der Waals surface area contributed by atoms with Crippen LogP contribution in [0.5, 0.6) is 0 Å². The van der Waals surface area contributed by atoms with Gasteiger partial charge in [-0.3, -0.25) is 9.59 Å². The van der Waals surface area contributed by atoms with Gasteiger partial charge in [-0.1, -0.05) is 6.92 Å². The molecular formula is C12H17NO3. The van der Waals surface area contributed by atoms with Gasteiger partial charge in [0.25, 0.3) is 0 Å². The number of nitrogens with two attached hydrogens (primary N) is 1. The van der Waals surface area contributed by atoms with E-state index in [1.165, 1.54) is 0 Å². The monoisotopic (exact) mass is 223 g/mol. The number of hydrogen-bond donors (Lipinski definition) is 1. The van der Waals surface area contributed by atoms with Crippen LogP contribution in [-0.2, 0) is 14.3 Å². The van der Waals surface area contributed by atoms with Crippen LogP contribution in [0.3, 0.4) is 0 Å². The minimum absolute atomic E-state index is 0.178. The number of rotatable bonds is 1. The fourth-order valence-electron chi connectivity index (χ4n) is 4.51. The molecule has 1 aliphatic heterocycles. The molecule has 4 heteroatoms. The van der Waals surface area contributed by atoms with Crippen molar-refractivity contribution in [2.75, 3.05) is 0 Å². The van der Waals surface area contributed by atoms with Gasteiger partial charge in [-0.2, -0.15) is 0 Å². The number of amides is 1. The molecule has 1 saturated heterocycles. The van der Waals surface area contributed by atoms with Crippen LogP contribution in [0, 0.1) is 16.7 Å². The second-order valence-electron chi connectivity index (χ2n) is 5.99. The molecule has 0 spiro atoms. The first-order chi connectivity index (χ1) is 7.36. The number of ether oxygens (including phenoxy) is 1. The summed E-state index contributed by atoms with van der Waals surface area (Å²) in [5.41, 5.74) is 4.10. The van der Waals surface area contributed by atoms with E-state index in [2.05, 4.69) is 6.92 Å². The van der Waals surface area contributed by atoms with Gasteiger partial charge in [-0.05, 0) is 32.1 Å². The Morgan fingerprint density at radius 3 is 2.81 bits per heavy atom. The van der Waals surface area contributed by atoms with Crippen molar-refractivity contribution in [1.29, 1.82) is 0 Å². The molecule has 0 aromatic rings. The Labute approximate surface area is 94.5 Å². The van der Waals surface area contributed by atoms with Gasteiger partial charge in [0, 0.05) is 5.41 Å². The van der Waals surface area contributed by atoms with Crippen LogP contribution in [0.1, 0.15) is 39.5 Å². The van der Waals surface area contributed by atoms with Crippen LogP contribution in [0.25, 0.3) is 0 Å². The first-order valence-electron chi connectivity index (χ1n) is 5.87. The summed E-state index contributed by atoms with van der Waals surface area (Å²) in [5.74, 6) is -0.0744. The number of fused-ring (bicyclic) bond motifs is 5. The predicted molar refractivity (Wildman–Crippen MR) is 56.2 cm³/mol. The van der Waals surface area contributed by atoms with Gasteiger partial charge in [0.2, 0.25) is 5.91 Å². The molecule has 4 nitrogen and oxygen atoms in total. The van der Waals surface area contributed by atoms with Crippen molar-refractivity contribution in [3.8, 4) is 0 Å². The van der Waals surface area contributed by atoms with Crippen LogP contribution >= 0.6 is 0 Å². The molecule has 2 bridgehead atoms. The highest BCUT2D eigenvalue weighted by Gasteiger charge is 2.77. The highest BCUT2D eigenvalue weighted by atomic mass is 16.6. The van der Waals surface area contributed by atoms with Crippen LogP contribution in [0.4, 0.5) is 0 Å². The van der Waals surface area contributed by atoms with Gasteiger partial charge in [-0.25, -0.2) is 0 Å². The molecule has 3 rings (SSSR count). The van der Waals surface area contributed by atoms with Crippen molar-refractivity contribution in [2.24, 2.45) is 22.5 Å². The maximum Gasteiger partial charge on any atom is 0.307 e. The lowest BCUT2D eigenvalue weighted by Crippen LogP contribution is -2.57. The van der Waals surface area contributed by atoms with Crippen LogP contribution < -0.4 is 5.73 Å². The number of carbonyl (C=O) groups is 2. The van der Waals surface area contributed by atoms with Crippen molar-refractivity contribution >= 4 is 11.9 Å². The summed E-state index contributed by atoms with van der Waals surface area (Å²) in [6.07, 6.45) is 2.99. The minimum atomic E-state index is -0.675. The normalized spacial score (nSPS) is 53.9. The summed E-state index contributed by atoms with van der Waals surface area (Å²) in [6, 6.07) is 0. The zero-order chi connectivity index (χ0) is 11.8. The maximum atomic E-state index is 11.8. The van der Waals surface area contributed by atoms with E-state index in [9.17, 15) is 9.59 Å². The van der Waals surface area contributed by atoms with Gasteiger partial charge >= 0.3 is 5.97 Å². The summed E-state index contributed by atoms with van der Waals surface area (Å²) in [6.45, 7) is 3.98. The fraction of sp³-hybridized carbons (Fsp3) is 0.833. The quantitative estimate of drug-likeness (QED) is 0.674. The first kappa shape index (κ1) is 10.1. The molecule has 1 heterocycles. The Kier molecular flexibility index (Phi) is 1.54. The molecular weight excluding hydrogens is 206 g/mol. The Morgan fingerprint density at radius 2 is 2.19 bits per heavy atom. The molecule has 0 radical (unpaired) electrons. The summed E-state index contributed by atoms with van der Waals surface area (Å²) >= 11 is 0. The number of carbonyl (C=O) groups excluding carboxylic acids is 2. The zero-order valence-electron chi connectivity index (χ0n) is 9.71. The Hall–Kier alpha value is -1.06. The van der Waals surface area contributed by atoms with E-state index in [4.69, 9.17) is 10.5 Å². The number of hydrogen-bond acceptors (Lipinski definition) is 3. The first-order valence-corrected chi connectivity index (χ1v) is 5.87. The lowest BCUT2D eigenvalue weighted by molar-refractivity contribution is -0.170. The molecule has 16 heavy (non-hydrogen) atoms. The lowest BCUT2D eigenvalue weighted by Gasteiger charge is -2.46. The third-order valence-corrected chi connectivity index (χ3v) is 5.72. The van der Waals surface area contributed by atoms with Crippen molar-refractivity contribution in [2.45, 2.75) is 45.1 Å². The average molecular weight is 223 g/mol. The molecule has 0 aromatic carbocycles. The third-order valence-electron chi connectivity index (χ3n) is 5.72. The Morgan fingerprint density at radius 1 is 1.50 bits per heavy atom. The smallest absolute Gasteiger partial charge is 0.307 e. The van der Waals surface area contributed by atoms with E-state index in [0.29, 0.717) is 12.3 Å². The topological polar surface area (TPSA) is 69.4 Å². The fourth-order valence-corrected chi connectivity index (χ4v) is 4.51. The number of primary amides is 1. The van der Waals surface area contributed by atoms with E-state index in [0.717, 1.165) is 19.3 Å². The van der Waals surface area contributed by atoms with Gasteiger partial charge in [-0.15, -0.1) is 0 Å².